The van der Waals surface area contributed by atoms with E-state index in [2.05, 4.69) is 0 Å². The summed E-state index contributed by atoms with van der Waals surface area (Å²) in [5.74, 6) is 0.600. The highest BCUT2D eigenvalue weighted by molar-refractivity contribution is 5.03. The zero-order valence-corrected chi connectivity index (χ0v) is 6.43. The minimum atomic E-state index is -0.844. The smallest absolute Gasteiger partial charge is 0.122 e. The molecule has 0 heterocycles. The van der Waals surface area contributed by atoms with Gasteiger partial charge in [0, 0.05) is 0 Å². The summed E-state index contributed by atoms with van der Waals surface area (Å²) in [7, 11) is 1.55. The van der Waals surface area contributed by atoms with E-state index in [1.54, 1.807) is 27.0 Å². The van der Waals surface area contributed by atoms with Crippen molar-refractivity contribution >= 4 is 0 Å². The summed E-state index contributed by atoms with van der Waals surface area (Å²) < 4.78 is 4.88. The molecule has 0 aliphatic carbocycles. The van der Waals surface area contributed by atoms with E-state index in [9.17, 15) is 5.11 Å². The Bertz CT molecular complexity index is 109. The van der Waals surface area contributed by atoms with Crippen LogP contribution in [0.3, 0.4) is 0 Å². The van der Waals surface area contributed by atoms with Crippen molar-refractivity contribution in [3.8, 4) is 0 Å². The average Bonchev–Trinajstić information content (AvgIpc) is 1.65. The molecule has 0 aliphatic rings. The third-order valence-corrected chi connectivity index (χ3v) is 1.09. The molecule has 2 nitrogen and oxygen atoms in total. The second-order valence-electron chi connectivity index (χ2n) is 2.42. The van der Waals surface area contributed by atoms with E-state index in [1.807, 2.05) is 6.92 Å². The van der Waals surface area contributed by atoms with Crippen LogP contribution in [-0.2, 0) is 4.74 Å². The van der Waals surface area contributed by atoms with Crippen LogP contribution in [0.5, 0.6) is 0 Å². The van der Waals surface area contributed by atoms with Crippen molar-refractivity contribution < 1.29 is 9.84 Å². The average molecular weight is 130 g/mol. The number of hydrogen-bond acceptors (Lipinski definition) is 2. The SMILES string of the molecule is C/C=C(\OC)C(C)(C)O. The maximum absolute atomic E-state index is 9.28. The molecule has 1 N–H and O–H groups in total. The quantitative estimate of drug-likeness (QED) is 0.571. The molecule has 0 aromatic heterocycles. The van der Waals surface area contributed by atoms with E-state index < -0.39 is 5.60 Å². The molecule has 0 bridgehead atoms. The molecule has 9 heavy (non-hydrogen) atoms. The van der Waals surface area contributed by atoms with E-state index in [1.165, 1.54) is 0 Å². The lowest BCUT2D eigenvalue weighted by Crippen LogP contribution is -2.22. The van der Waals surface area contributed by atoms with Gasteiger partial charge in [-0.15, -0.1) is 0 Å². The van der Waals surface area contributed by atoms with Gasteiger partial charge >= 0.3 is 0 Å². The van der Waals surface area contributed by atoms with E-state index >= 15 is 0 Å². The van der Waals surface area contributed by atoms with Crippen LogP contribution in [-0.4, -0.2) is 17.8 Å². The number of ether oxygens (including phenoxy) is 1. The second kappa shape index (κ2) is 2.87. The van der Waals surface area contributed by atoms with Crippen molar-refractivity contribution in [1.82, 2.24) is 0 Å². The van der Waals surface area contributed by atoms with Gasteiger partial charge in [0.05, 0.1) is 7.11 Å². The summed E-state index contributed by atoms with van der Waals surface area (Å²) in [5, 5.41) is 9.28. The van der Waals surface area contributed by atoms with Gasteiger partial charge in [0.25, 0.3) is 0 Å². The summed E-state index contributed by atoms with van der Waals surface area (Å²) in [6.45, 7) is 5.20. The monoisotopic (exact) mass is 130 g/mol. The molecule has 0 aromatic carbocycles. The molecular formula is C7H14O2. The topological polar surface area (TPSA) is 29.5 Å². The molecule has 0 atom stereocenters. The molecule has 0 saturated carbocycles. The molecule has 54 valence electrons. The molecule has 0 rings (SSSR count). The maximum atomic E-state index is 9.28. The Morgan fingerprint density at radius 2 is 2.00 bits per heavy atom. The highest BCUT2D eigenvalue weighted by Crippen LogP contribution is 2.14. The fourth-order valence-electron chi connectivity index (χ4n) is 0.721. The van der Waals surface area contributed by atoms with Crippen molar-refractivity contribution in [3.63, 3.8) is 0 Å². The predicted octanol–water partition coefficient (Wildman–Crippen LogP) is 1.31. The first-order chi connectivity index (χ1) is 4.02. The van der Waals surface area contributed by atoms with Crippen LogP contribution in [0, 0.1) is 0 Å². The van der Waals surface area contributed by atoms with Crippen molar-refractivity contribution in [2.45, 2.75) is 26.4 Å². The first-order valence-electron chi connectivity index (χ1n) is 2.95. The molecule has 0 spiro atoms. The van der Waals surface area contributed by atoms with Crippen LogP contribution < -0.4 is 0 Å². The molecule has 0 saturated heterocycles. The van der Waals surface area contributed by atoms with Gasteiger partial charge in [-0.25, -0.2) is 0 Å². The third-order valence-electron chi connectivity index (χ3n) is 1.09. The Morgan fingerprint density at radius 1 is 1.56 bits per heavy atom. The molecule has 0 amide bonds. The number of methoxy groups -OCH3 is 1. The lowest BCUT2D eigenvalue weighted by Gasteiger charge is -2.19. The fourth-order valence-corrected chi connectivity index (χ4v) is 0.721. The number of allylic oxidation sites excluding steroid dienone is 1. The molecule has 0 unspecified atom stereocenters. The zero-order chi connectivity index (χ0) is 7.49. The third kappa shape index (κ3) is 2.51. The van der Waals surface area contributed by atoms with Crippen molar-refractivity contribution in [1.29, 1.82) is 0 Å². The summed E-state index contributed by atoms with van der Waals surface area (Å²) >= 11 is 0. The van der Waals surface area contributed by atoms with Crippen LogP contribution in [0.15, 0.2) is 11.8 Å². The van der Waals surface area contributed by atoms with Crippen molar-refractivity contribution in [3.05, 3.63) is 11.8 Å². The van der Waals surface area contributed by atoms with Gasteiger partial charge in [-0.05, 0) is 26.8 Å². The van der Waals surface area contributed by atoms with Gasteiger partial charge in [-0.2, -0.15) is 0 Å². The highest BCUT2D eigenvalue weighted by Gasteiger charge is 2.18. The largest absolute Gasteiger partial charge is 0.498 e. The van der Waals surface area contributed by atoms with E-state index in [0.29, 0.717) is 5.76 Å². The molecule has 0 aliphatic heterocycles. The van der Waals surface area contributed by atoms with Gasteiger partial charge in [0.1, 0.15) is 11.4 Å². The van der Waals surface area contributed by atoms with Crippen LogP contribution >= 0.6 is 0 Å². The minimum Gasteiger partial charge on any atom is -0.498 e. The lowest BCUT2D eigenvalue weighted by atomic mass is 10.1. The van der Waals surface area contributed by atoms with Gasteiger partial charge in [-0.1, -0.05) is 0 Å². The Morgan fingerprint density at radius 3 is 2.00 bits per heavy atom. The summed E-state index contributed by atoms with van der Waals surface area (Å²) in [4.78, 5) is 0. The second-order valence-corrected chi connectivity index (χ2v) is 2.42. The summed E-state index contributed by atoms with van der Waals surface area (Å²) in [6.07, 6.45) is 1.75. The van der Waals surface area contributed by atoms with E-state index in [0.717, 1.165) is 0 Å². The van der Waals surface area contributed by atoms with Gasteiger partial charge in [-0.3, -0.25) is 0 Å². The number of aliphatic hydroxyl groups is 1. The van der Waals surface area contributed by atoms with Crippen LogP contribution in [0.2, 0.25) is 0 Å². The van der Waals surface area contributed by atoms with Gasteiger partial charge in [0.15, 0.2) is 0 Å². The number of hydrogen-bond donors (Lipinski definition) is 1. The van der Waals surface area contributed by atoms with Crippen molar-refractivity contribution in [2.24, 2.45) is 0 Å². The zero-order valence-electron chi connectivity index (χ0n) is 6.43. The molecule has 0 aromatic rings. The number of rotatable bonds is 2. The first kappa shape index (κ1) is 8.50. The molecular weight excluding hydrogens is 116 g/mol. The fraction of sp³-hybridized carbons (Fsp3) is 0.714. The predicted molar refractivity (Wildman–Crippen MR) is 37.1 cm³/mol. The summed E-state index contributed by atoms with van der Waals surface area (Å²) in [6, 6.07) is 0. The molecule has 2 heteroatoms. The van der Waals surface area contributed by atoms with Gasteiger partial charge in [0.2, 0.25) is 0 Å². The van der Waals surface area contributed by atoms with E-state index in [-0.39, 0.29) is 0 Å². The Kier molecular flexibility index (Phi) is 2.71. The van der Waals surface area contributed by atoms with Crippen LogP contribution in [0.1, 0.15) is 20.8 Å². The normalized spacial score (nSPS) is 13.7. The standard InChI is InChI=1S/C7H14O2/c1-5-6(9-4)7(2,3)8/h5,8H,1-4H3/b6-5-. The Hall–Kier alpha value is -0.500. The van der Waals surface area contributed by atoms with E-state index in [4.69, 9.17) is 4.74 Å². The minimum absolute atomic E-state index is 0.600. The Labute approximate surface area is 56.1 Å². The van der Waals surface area contributed by atoms with Crippen LogP contribution in [0.25, 0.3) is 0 Å². The van der Waals surface area contributed by atoms with Crippen molar-refractivity contribution in [2.75, 3.05) is 7.11 Å². The molecule has 0 fully saturated rings. The van der Waals surface area contributed by atoms with Crippen LogP contribution in [0.4, 0.5) is 0 Å². The lowest BCUT2D eigenvalue weighted by molar-refractivity contribution is 0.0549. The first-order valence-corrected chi connectivity index (χ1v) is 2.95. The maximum Gasteiger partial charge on any atom is 0.122 e. The highest BCUT2D eigenvalue weighted by atomic mass is 16.5. The molecule has 0 radical (unpaired) electrons. The van der Waals surface area contributed by atoms with Gasteiger partial charge < -0.3 is 9.84 Å². The summed E-state index contributed by atoms with van der Waals surface area (Å²) in [5.41, 5.74) is -0.844. The Balaban J connectivity index is 4.14.